The van der Waals surface area contributed by atoms with Gasteiger partial charge in [-0.15, -0.1) is 0 Å². The molecule has 21 heavy (non-hydrogen) atoms. The minimum absolute atomic E-state index is 0.175. The lowest BCUT2D eigenvalue weighted by Gasteiger charge is -2.11. The highest BCUT2D eigenvalue weighted by molar-refractivity contribution is 5.73. The molecule has 0 bridgehead atoms. The molecule has 118 valence electrons. The van der Waals surface area contributed by atoms with Crippen molar-refractivity contribution in [3.8, 4) is 0 Å². The van der Waals surface area contributed by atoms with Crippen LogP contribution in [0, 0.1) is 5.92 Å². The first-order chi connectivity index (χ1) is 10.1. The molecule has 0 aromatic carbocycles. The summed E-state index contributed by atoms with van der Waals surface area (Å²) >= 11 is 0. The zero-order valence-corrected chi connectivity index (χ0v) is 12.4. The van der Waals surface area contributed by atoms with Crippen LogP contribution in [0.2, 0.25) is 0 Å². The molecule has 1 atom stereocenters. The van der Waals surface area contributed by atoms with Crippen molar-refractivity contribution in [3.05, 3.63) is 18.7 Å². The molecule has 7 heteroatoms. The molecule has 0 radical (unpaired) electrons. The molecule has 0 aliphatic rings. The Hall–Kier alpha value is -2.05. The van der Waals surface area contributed by atoms with Crippen molar-refractivity contribution < 1.29 is 14.7 Å². The summed E-state index contributed by atoms with van der Waals surface area (Å²) in [4.78, 5) is 25.9. The van der Waals surface area contributed by atoms with Crippen LogP contribution in [0.3, 0.4) is 0 Å². The van der Waals surface area contributed by atoms with Crippen LogP contribution in [0.15, 0.2) is 18.7 Å². The number of carbonyl (C=O) groups is 2. The zero-order chi connectivity index (χ0) is 15.5. The number of rotatable bonds is 10. The van der Waals surface area contributed by atoms with Crippen molar-refractivity contribution in [1.29, 1.82) is 0 Å². The van der Waals surface area contributed by atoms with E-state index in [-0.39, 0.29) is 12.5 Å². The Kier molecular flexibility index (Phi) is 7.93. The number of amides is 2. The van der Waals surface area contributed by atoms with Gasteiger partial charge in [0, 0.05) is 38.4 Å². The van der Waals surface area contributed by atoms with Gasteiger partial charge in [-0.25, -0.2) is 9.78 Å². The fourth-order valence-electron chi connectivity index (χ4n) is 1.89. The Labute approximate surface area is 124 Å². The van der Waals surface area contributed by atoms with Gasteiger partial charge >= 0.3 is 12.0 Å². The van der Waals surface area contributed by atoms with E-state index in [4.69, 9.17) is 5.11 Å². The molecule has 1 rings (SSSR count). The highest BCUT2D eigenvalue weighted by Crippen LogP contribution is 2.08. The van der Waals surface area contributed by atoms with Gasteiger partial charge in [0.1, 0.15) is 0 Å². The summed E-state index contributed by atoms with van der Waals surface area (Å²) in [6, 6.07) is -0.175. The molecule has 1 aromatic rings. The minimum atomic E-state index is -0.773. The van der Waals surface area contributed by atoms with E-state index in [1.54, 1.807) is 12.5 Å². The maximum Gasteiger partial charge on any atom is 0.314 e. The van der Waals surface area contributed by atoms with E-state index in [0.29, 0.717) is 25.4 Å². The van der Waals surface area contributed by atoms with E-state index in [0.717, 1.165) is 19.4 Å². The van der Waals surface area contributed by atoms with E-state index in [9.17, 15) is 9.59 Å². The SMILES string of the molecule is CC(CCNC(=O)NCCCn1ccnc1)CCC(=O)O. The average molecular weight is 296 g/mol. The molecule has 2 amide bonds. The number of imidazole rings is 1. The van der Waals surface area contributed by atoms with Crippen molar-refractivity contribution in [2.75, 3.05) is 13.1 Å². The minimum Gasteiger partial charge on any atom is -0.481 e. The number of hydrogen-bond donors (Lipinski definition) is 3. The summed E-state index contributed by atoms with van der Waals surface area (Å²) in [5, 5.41) is 14.1. The molecule has 0 aliphatic carbocycles. The van der Waals surface area contributed by atoms with Gasteiger partial charge < -0.3 is 20.3 Å². The topological polar surface area (TPSA) is 96.3 Å². The van der Waals surface area contributed by atoms with Gasteiger partial charge in [-0.1, -0.05) is 6.92 Å². The lowest BCUT2D eigenvalue weighted by atomic mass is 10.0. The van der Waals surface area contributed by atoms with Crippen LogP contribution in [0.4, 0.5) is 4.79 Å². The van der Waals surface area contributed by atoms with Gasteiger partial charge in [-0.05, 0) is 25.2 Å². The van der Waals surface area contributed by atoms with Gasteiger partial charge in [0.05, 0.1) is 6.33 Å². The number of carboxylic acids is 1. The molecule has 7 nitrogen and oxygen atoms in total. The number of aromatic nitrogens is 2. The molecular formula is C14H24N4O3. The number of carbonyl (C=O) groups excluding carboxylic acids is 1. The van der Waals surface area contributed by atoms with Gasteiger partial charge in [0.25, 0.3) is 0 Å². The largest absolute Gasteiger partial charge is 0.481 e. The third-order valence-corrected chi connectivity index (χ3v) is 3.21. The second-order valence-corrected chi connectivity index (χ2v) is 5.16. The maximum absolute atomic E-state index is 11.5. The third kappa shape index (κ3) is 8.67. The normalized spacial score (nSPS) is 11.9. The second-order valence-electron chi connectivity index (χ2n) is 5.16. The quantitative estimate of drug-likeness (QED) is 0.570. The van der Waals surface area contributed by atoms with Gasteiger partial charge in [-0.3, -0.25) is 4.79 Å². The van der Waals surface area contributed by atoms with Crippen LogP contribution in [-0.2, 0) is 11.3 Å². The molecule has 0 saturated carbocycles. The van der Waals surface area contributed by atoms with Crippen LogP contribution in [0.1, 0.15) is 32.6 Å². The summed E-state index contributed by atoms with van der Waals surface area (Å²) in [5.74, 6) is -0.479. The van der Waals surface area contributed by atoms with Gasteiger partial charge in [-0.2, -0.15) is 0 Å². The fourth-order valence-corrected chi connectivity index (χ4v) is 1.89. The first-order valence-corrected chi connectivity index (χ1v) is 7.27. The van der Waals surface area contributed by atoms with E-state index in [1.165, 1.54) is 0 Å². The number of aryl methyl sites for hydroxylation is 1. The van der Waals surface area contributed by atoms with E-state index in [1.807, 2.05) is 17.7 Å². The summed E-state index contributed by atoms with van der Waals surface area (Å²) in [6.07, 6.45) is 7.82. The lowest BCUT2D eigenvalue weighted by molar-refractivity contribution is -0.137. The molecule has 0 aliphatic heterocycles. The highest BCUT2D eigenvalue weighted by Gasteiger charge is 2.06. The van der Waals surface area contributed by atoms with Crippen molar-refractivity contribution in [2.24, 2.45) is 5.92 Å². The molecule has 1 aromatic heterocycles. The van der Waals surface area contributed by atoms with Crippen molar-refractivity contribution in [2.45, 2.75) is 39.2 Å². The second kappa shape index (κ2) is 9.79. The van der Waals surface area contributed by atoms with Crippen LogP contribution in [-0.4, -0.2) is 39.7 Å². The standard InChI is InChI=1S/C14H24N4O3/c1-12(3-4-13(19)20)5-7-17-14(21)16-6-2-9-18-10-8-15-11-18/h8,10-12H,2-7,9H2,1H3,(H,19,20)(H2,16,17,21). The van der Waals surface area contributed by atoms with Gasteiger partial charge in [0.2, 0.25) is 0 Å². The first-order valence-electron chi connectivity index (χ1n) is 7.27. The van der Waals surface area contributed by atoms with Crippen LogP contribution in [0.5, 0.6) is 0 Å². The summed E-state index contributed by atoms with van der Waals surface area (Å²) < 4.78 is 1.96. The summed E-state index contributed by atoms with van der Waals surface area (Å²) in [6.45, 7) is 3.99. The number of carboxylic acid groups (broad SMARTS) is 1. The predicted molar refractivity (Wildman–Crippen MR) is 78.9 cm³/mol. The van der Waals surface area contributed by atoms with Crippen LogP contribution < -0.4 is 10.6 Å². The molecule has 0 spiro atoms. The fraction of sp³-hybridized carbons (Fsp3) is 0.643. The molecular weight excluding hydrogens is 272 g/mol. The zero-order valence-electron chi connectivity index (χ0n) is 12.4. The predicted octanol–water partition coefficient (Wildman–Crippen LogP) is 1.46. The Balaban J connectivity index is 1.97. The summed E-state index contributed by atoms with van der Waals surface area (Å²) in [5.41, 5.74) is 0. The molecule has 1 heterocycles. The lowest BCUT2D eigenvalue weighted by Crippen LogP contribution is -2.37. The maximum atomic E-state index is 11.5. The Morgan fingerprint density at radius 3 is 2.71 bits per heavy atom. The number of nitrogens with one attached hydrogen (secondary N) is 2. The van der Waals surface area contributed by atoms with Crippen molar-refractivity contribution in [1.82, 2.24) is 20.2 Å². The molecule has 0 saturated heterocycles. The monoisotopic (exact) mass is 296 g/mol. The van der Waals surface area contributed by atoms with Gasteiger partial charge in [0.15, 0.2) is 0 Å². The third-order valence-electron chi connectivity index (χ3n) is 3.21. The number of aliphatic carboxylic acids is 1. The summed E-state index contributed by atoms with van der Waals surface area (Å²) in [7, 11) is 0. The van der Waals surface area contributed by atoms with Crippen LogP contribution in [0.25, 0.3) is 0 Å². The molecule has 3 N–H and O–H groups in total. The highest BCUT2D eigenvalue weighted by atomic mass is 16.4. The average Bonchev–Trinajstić information content (AvgIpc) is 2.94. The molecule has 0 fully saturated rings. The Morgan fingerprint density at radius 2 is 2.05 bits per heavy atom. The first kappa shape index (κ1) is 17.0. The van der Waals surface area contributed by atoms with Crippen molar-refractivity contribution in [3.63, 3.8) is 0 Å². The van der Waals surface area contributed by atoms with E-state index < -0.39 is 5.97 Å². The van der Waals surface area contributed by atoms with E-state index in [2.05, 4.69) is 15.6 Å². The number of nitrogens with zero attached hydrogens (tertiary/aromatic N) is 2. The Bertz CT molecular complexity index is 420. The number of urea groups is 1. The molecule has 1 unspecified atom stereocenters. The Morgan fingerprint density at radius 1 is 1.29 bits per heavy atom. The van der Waals surface area contributed by atoms with E-state index >= 15 is 0 Å². The number of hydrogen-bond acceptors (Lipinski definition) is 3. The van der Waals surface area contributed by atoms with Crippen molar-refractivity contribution >= 4 is 12.0 Å². The smallest absolute Gasteiger partial charge is 0.314 e. The van der Waals surface area contributed by atoms with Crippen LogP contribution >= 0.6 is 0 Å².